The number of benzene rings is 1. The minimum absolute atomic E-state index is 0.721. The Morgan fingerprint density at radius 3 is 2.31 bits per heavy atom. The Morgan fingerprint density at radius 1 is 1.06 bits per heavy atom. The summed E-state index contributed by atoms with van der Waals surface area (Å²) in [4.78, 5) is 2.29. The minimum Gasteiger partial charge on any atom is -0.303 e. The van der Waals surface area contributed by atoms with Crippen LogP contribution >= 0.6 is 11.6 Å². The molecule has 1 fully saturated rings. The zero-order chi connectivity index (χ0) is 11.4. The molecule has 0 aliphatic carbocycles. The highest BCUT2D eigenvalue weighted by molar-refractivity contribution is 6.30. The normalized spacial score (nSPS) is 18.2. The Balaban J connectivity index is 1.91. The van der Waals surface area contributed by atoms with Crippen molar-refractivity contribution in [3.8, 4) is 0 Å². The topological polar surface area (TPSA) is 31.2 Å². The van der Waals surface area contributed by atoms with E-state index < -0.39 is 0 Å². The lowest BCUT2D eigenvalue weighted by atomic mass is 10.3. The number of rotatable bonds is 2. The van der Waals surface area contributed by atoms with Crippen LogP contribution in [0.4, 0.5) is 5.69 Å². The molecule has 1 aliphatic heterocycles. The number of hydrogen-bond acceptors (Lipinski definition) is 3. The van der Waals surface area contributed by atoms with Crippen LogP contribution in [0.25, 0.3) is 0 Å². The molecule has 0 spiro atoms. The van der Waals surface area contributed by atoms with Crippen LogP contribution < -0.4 is 0 Å². The third-order valence-corrected chi connectivity index (χ3v) is 2.84. The molecule has 0 radical (unpaired) electrons. The monoisotopic (exact) mass is 238 g/mol. The molecule has 86 valence electrons. The Morgan fingerprint density at radius 2 is 1.69 bits per heavy atom. The quantitative estimate of drug-likeness (QED) is 0.742. The molecule has 0 amide bonds. The van der Waals surface area contributed by atoms with Crippen LogP contribution in [-0.2, 0) is 0 Å². The smallest absolute Gasteiger partial charge is 0.0875 e. The van der Waals surface area contributed by atoms with Crippen LogP contribution in [0.1, 0.15) is 0 Å². The highest BCUT2D eigenvalue weighted by Crippen LogP contribution is 2.17. The Bertz CT molecular complexity index is 355. The molecule has 5 heteroatoms. The van der Waals surface area contributed by atoms with Gasteiger partial charge in [0.05, 0.1) is 18.8 Å². The Kier molecular flexibility index (Phi) is 3.74. The first-order chi connectivity index (χ1) is 7.74. The summed E-state index contributed by atoms with van der Waals surface area (Å²) in [5.41, 5.74) is 0.836. The van der Waals surface area contributed by atoms with Gasteiger partial charge in [-0.2, -0.15) is 0 Å². The molecule has 4 nitrogen and oxygen atoms in total. The molecule has 0 saturated carbocycles. The van der Waals surface area contributed by atoms with Crippen LogP contribution in [0.2, 0.25) is 5.02 Å². The van der Waals surface area contributed by atoms with Gasteiger partial charge in [0.25, 0.3) is 0 Å². The Labute approximate surface area is 100 Å². The average molecular weight is 239 g/mol. The van der Waals surface area contributed by atoms with E-state index in [1.54, 1.807) is 0 Å². The number of nitrogens with zero attached hydrogens (tertiary/aromatic N) is 4. The molecular formula is C11H15ClN4. The first-order valence-corrected chi connectivity index (χ1v) is 5.72. The predicted molar refractivity (Wildman–Crippen MR) is 65.0 cm³/mol. The molecule has 0 N–H and O–H groups in total. The second kappa shape index (κ2) is 5.27. The lowest BCUT2D eigenvalue weighted by molar-refractivity contribution is 0.150. The van der Waals surface area contributed by atoms with Crippen molar-refractivity contribution in [2.75, 3.05) is 33.2 Å². The van der Waals surface area contributed by atoms with Crippen LogP contribution in [-0.4, -0.2) is 43.1 Å². The first-order valence-electron chi connectivity index (χ1n) is 5.35. The minimum atomic E-state index is 0.721. The number of halogens is 1. The van der Waals surface area contributed by atoms with E-state index in [9.17, 15) is 0 Å². The van der Waals surface area contributed by atoms with Crippen molar-refractivity contribution in [1.29, 1.82) is 0 Å². The second-order valence-electron chi connectivity index (χ2n) is 3.92. The van der Waals surface area contributed by atoms with E-state index in [0.29, 0.717) is 0 Å². The van der Waals surface area contributed by atoms with Gasteiger partial charge in [-0.1, -0.05) is 16.8 Å². The van der Waals surface area contributed by atoms with Crippen molar-refractivity contribution in [2.24, 2.45) is 10.3 Å². The predicted octanol–water partition coefficient (Wildman–Crippen LogP) is 2.59. The van der Waals surface area contributed by atoms with Crippen molar-refractivity contribution in [3.05, 3.63) is 29.3 Å². The van der Waals surface area contributed by atoms with E-state index in [2.05, 4.69) is 22.3 Å². The number of likely N-dealkylation sites (N-methyl/N-ethyl adjacent to an activating group) is 1. The van der Waals surface area contributed by atoms with Gasteiger partial charge in [-0.05, 0) is 31.3 Å². The number of hydrogen-bond donors (Lipinski definition) is 0. The maximum atomic E-state index is 5.79. The van der Waals surface area contributed by atoms with E-state index in [-0.39, 0.29) is 0 Å². The van der Waals surface area contributed by atoms with Crippen LogP contribution in [0, 0.1) is 0 Å². The van der Waals surface area contributed by atoms with Gasteiger partial charge in [0.2, 0.25) is 0 Å². The van der Waals surface area contributed by atoms with Crippen molar-refractivity contribution >= 4 is 17.3 Å². The van der Waals surface area contributed by atoms with Gasteiger partial charge in [-0.15, -0.1) is 5.11 Å². The molecule has 1 aromatic carbocycles. The van der Waals surface area contributed by atoms with Crippen molar-refractivity contribution < 1.29 is 0 Å². The zero-order valence-corrected chi connectivity index (χ0v) is 10.1. The lowest BCUT2D eigenvalue weighted by Crippen LogP contribution is -2.41. The van der Waals surface area contributed by atoms with Gasteiger partial charge in [0.15, 0.2) is 0 Å². The molecule has 0 atom stereocenters. The summed E-state index contributed by atoms with van der Waals surface area (Å²) in [6, 6.07) is 7.36. The molecule has 1 aliphatic rings. The van der Waals surface area contributed by atoms with Crippen molar-refractivity contribution in [3.63, 3.8) is 0 Å². The molecule has 1 heterocycles. The van der Waals surface area contributed by atoms with Crippen LogP contribution in [0.15, 0.2) is 34.6 Å². The van der Waals surface area contributed by atoms with Gasteiger partial charge in [-0.3, -0.25) is 5.01 Å². The van der Waals surface area contributed by atoms with E-state index in [1.807, 2.05) is 29.3 Å². The maximum Gasteiger partial charge on any atom is 0.0875 e. The fourth-order valence-corrected chi connectivity index (χ4v) is 1.63. The third-order valence-electron chi connectivity index (χ3n) is 2.59. The van der Waals surface area contributed by atoms with Gasteiger partial charge in [0, 0.05) is 18.1 Å². The van der Waals surface area contributed by atoms with E-state index in [1.165, 1.54) is 0 Å². The molecule has 0 bridgehead atoms. The zero-order valence-electron chi connectivity index (χ0n) is 9.30. The average Bonchev–Trinajstić information content (AvgIpc) is 2.30. The fourth-order valence-electron chi connectivity index (χ4n) is 1.51. The fraction of sp³-hybridized carbons (Fsp3) is 0.455. The molecular weight excluding hydrogens is 224 g/mol. The summed E-state index contributed by atoms with van der Waals surface area (Å²) in [6.45, 7) is 3.96. The lowest BCUT2D eigenvalue weighted by Gasteiger charge is -2.29. The SMILES string of the molecule is CN1CCN(N=Nc2ccc(Cl)cc2)CC1. The van der Waals surface area contributed by atoms with E-state index >= 15 is 0 Å². The summed E-state index contributed by atoms with van der Waals surface area (Å²) in [6.07, 6.45) is 0. The largest absolute Gasteiger partial charge is 0.303 e. The van der Waals surface area contributed by atoms with Crippen LogP contribution in [0.3, 0.4) is 0 Å². The second-order valence-corrected chi connectivity index (χ2v) is 4.36. The number of piperazine rings is 1. The molecule has 2 rings (SSSR count). The van der Waals surface area contributed by atoms with Crippen LogP contribution in [0.5, 0.6) is 0 Å². The summed E-state index contributed by atoms with van der Waals surface area (Å²) in [5.74, 6) is 0. The molecule has 0 unspecified atom stereocenters. The first kappa shape index (κ1) is 11.4. The summed E-state index contributed by atoms with van der Waals surface area (Å²) in [5, 5.41) is 11.1. The molecule has 0 aromatic heterocycles. The molecule has 1 saturated heterocycles. The molecule has 1 aromatic rings. The third kappa shape index (κ3) is 3.18. The van der Waals surface area contributed by atoms with E-state index in [0.717, 1.165) is 36.9 Å². The van der Waals surface area contributed by atoms with Gasteiger partial charge >= 0.3 is 0 Å². The summed E-state index contributed by atoms with van der Waals surface area (Å²) >= 11 is 5.79. The Hall–Kier alpha value is -1.13. The summed E-state index contributed by atoms with van der Waals surface area (Å²) in [7, 11) is 2.12. The van der Waals surface area contributed by atoms with Gasteiger partial charge in [-0.25, -0.2) is 0 Å². The summed E-state index contributed by atoms with van der Waals surface area (Å²) < 4.78 is 0. The standard InChI is InChI=1S/C11H15ClN4/c1-15-6-8-16(9-7-15)14-13-11-4-2-10(12)3-5-11/h2-5H,6-9H2,1H3. The van der Waals surface area contributed by atoms with Gasteiger partial charge < -0.3 is 4.90 Å². The highest BCUT2D eigenvalue weighted by atomic mass is 35.5. The van der Waals surface area contributed by atoms with Crippen molar-refractivity contribution in [1.82, 2.24) is 9.91 Å². The van der Waals surface area contributed by atoms with Gasteiger partial charge in [0.1, 0.15) is 0 Å². The van der Waals surface area contributed by atoms with Crippen molar-refractivity contribution in [2.45, 2.75) is 0 Å². The molecule has 16 heavy (non-hydrogen) atoms. The maximum absolute atomic E-state index is 5.79. The highest BCUT2D eigenvalue weighted by Gasteiger charge is 2.11. The van der Waals surface area contributed by atoms with E-state index in [4.69, 9.17) is 11.6 Å².